The number of halogens is 2. The molecule has 6 aromatic rings. The fraction of sp³-hybridized carbons (Fsp3) is 0.154. The zero-order chi connectivity index (χ0) is 37.2. The summed E-state index contributed by atoms with van der Waals surface area (Å²) < 4.78 is 66.6. The normalized spacial score (nSPS) is 12.0. The number of nitrogens with zero attached hydrogens (tertiary/aromatic N) is 2. The number of fused-ring (bicyclic) bond motifs is 1. The van der Waals surface area contributed by atoms with Gasteiger partial charge in [-0.3, -0.25) is 13.9 Å². The maximum Gasteiger partial charge on any atom is 0.274 e. The second kappa shape index (κ2) is 14.6. The molecule has 0 aliphatic carbocycles. The molecule has 1 unspecified atom stereocenters. The Morgan fingerprint density at radius 3 is 2.19 bits per heavy atom. The Hall–Kier alpha value is -6.08. The van der Waals surface area contributed by atoms with Gasteiger partial charge in [0.1, 0.15) is 29.6 Å². The number of aromatic nitrogens is 1. The third-order valence-electron chi connectivity index (χ3n) is 8.51. The maximum absolute atomic E-state index is 13.9. The van der Waals surface area contributed by atoms with Gasteiger partial charge in [-0.15, -0.1) is 0 Å². The first kappa shape index (κ1) is 35.7. The fourth-order valence-electron chi connectivity index (χ4n) is 5.64. The summed E-state index contributed by atoms with van der Waals surface area (Å²) in [6.45, 7) is 1.87. The van der Waals surface area contributed by atoms with Crippen LogP contribution in [0, 0.1) is 11.6 Å². The summed E-state index contributed by atoms with van der Waals surface area (Å²) in [6.07, 6.45) is 1.03. The Kier molecular flexibility index (Phi) is 10.1. The first-order valence-corrected chi connectivity index (χ1v) is 18.0. The molecule has 0 aliphatic rings. The lowest BCUT2D eigenvalue weighted by molar-refractivity contribution is 0.0928. The van der Waals surface area contributed by atoms with E-state index in [0.29, 0.717) is 16.5 Å². The minimum atomic E-state index is -3.85. The van der Waals surface area contributed by atoms with E-state index in [1.165, 1.54) is 56.6 Å². The number of carbonyl (C=O) groups is 2. The van der Waals surface area contributed by atoms with Crippen LogP contribution in [-0.2, 0) is 16.6 Å². The van der Waals surface area contributed by atoms with Gasteiger partial charge in [0.05, 0.1) is 29.2 Å². The highest BCUT2D eigenvalue weighted by atomic mass is 32.2. The van der Waals surface area contributed by atoms with Crippen molar-refractivity contribution in [2.24, 2.45) is 0 Å². The quantitative estimate of drug-likeness (QED) is 0.144. The molecule has 1 atom stereocenters. The van der Waals surface area contributed by atoms with Gasteiger partial charge in [-0.25, -0.2) is 22.2 Å². The number of hydrogen-bond acceptors (Lipinski definition) is 7. The average molecular weight is 725 g/mol. The number of sulfonamides is 1. The first-order valence-electron chi connectivity index (χ1n) is 16.1. The Balaban J connectivity index is 1.52. The molecule has 0 bridgehead atoms. The van der Waals surface area contributed by atoms with Crippen molar-refractivity contribution in [1.29, 1.82) is 0 Å². The van der Waals surface area contributed by atoms with Crippen LogP contribution < -0.4 is 19.7 Å². The molecule has 2 N–H and O–H groups in total. The highest BCUT2D eigenvalue weighted by Crippen LogP contribution is 2.41. The molecule has 2 aromatic heterocycles. The number of carbonyl (C=O) groups excluding carboxylic acids is 2. The summed E-state index contributed by atoms with van der Waals surface area (Å²) in [7, 11) is -1.03. The molecule has 10 nitrogen and oxygen atoms in total. The summed E-state index contributed by atoms with van der Waals surface area (Å²) >= 11 is 0. The van der Waals surface area contributed by atoms with Crippen LogP contribution in [0.5, 0.6) is 5.75 Å². The van der Waals surface area contributed by atoms with Gasteiger partial charge < -0.3 is 19.8 Å². The third-order valence-corrected chi connectivity index (χ3v) is 9.70. The lowest BCUT2D eigenvalue weighted by atomic mass is 10.0. The van der Waals surface area contributed by atoms with Crippen molar-refractivity contribution >= 4 is 38.5 Å². The molecular formula is C39H34F2N4O6S. The van der Waals surface area contributed by atoms with E-state index in [1.807, 2.05) is 30.3 Å². The van der Waals surface area contributed by atoms with Crippen molar-refractivity contribution in [3.8, 4) is 28.3 Å². The monoisotopic (exact) mass is 724 g/mol. The summed E-state index contributed by atoms with van der Waals surface area (Å²) in [5, 5.41) is 5.82. The van der Waals surface area contributed by atoms with Crippen LogP contribution in [0.2, 0.25) is 0 Å². The van der Waals surface area contributed by atoms with E-state index in [0.717, 1.165) is 16.1 Å². The Morgan fingerprint density at radius 1 is 0.904 bits per heavy atom. The topological polar surface area (TPSA) is 131 Å². The van der Waals surface area contributed by atoms with Crippen LogP contribution in [0.4, 0.5) is 14.5 Å². The number of hydrogen-bond donors (Lipinski definition) is 2. The van der Waals surface area contributed by atoms with Gasteiger partial charge in [-0.2, -0.15) is 0 Å². The second-order valence-electron chi connectivity index (χ2n) is 12.1. The van der Waals surface area contributed by atoms with Crippen molar-refractivity contribution in [2.75, 3.05) is 24.7 Å². The maximum atomic E-state index is 13.9. The molecule has 2 heterocycles. The van der Waals surface area contributed by atoms with E-state index in [1.54, 1.807) is 37.3 Å². The Morgan fingerprint density at radius 2 is 1.56 bits per heavy atom. The van der Waals surface area contributed by atoms with Crippen molar-refractivity contribution in [3.05, 3.63) is 137 Å². The van der Waals surface area contributed by atoms with Crippen molar-refractivity contribution in [2.45, 2.75) is 19.6 Å². The zero-order valence-corrected chi connectivity index (χ0v) is 29.4. The lowest BCUT2D eigenvalue weighted by Crippen LogP contribution is -2.28. The van der Waals surface area contributed by atoms with Gasteiger partial charge in [0.15, 0.2) is 11.4 Å². The molecule has 6 rings (SSSR count). The number of benzene rings is 4. The minimum absolute atomic E-state index is 0.0961. The van der Waals surface area contributed by atoms with Crippen LogP contribution in [0.25, 0.3) is 33.6 Å². The van der Waals surface area contributed by atoms with Gasteiger partial charge >= 0.3 is 0 Å². The molecule has 13 heteroatoms. The molecular weight excluding hydrogens is 691 g/mol. The van der Waals surface area contributed by atoms with E-state index < -0.39 is 39.5 Å². The van der Waals surface area contributed by atoms with Gasteiger partial charge in [0, 0.05) is 36.7 Å². The minimum Gasteiger partial charge on any atom is -0.486 e. The molecule has 52 heavy (non-hydrogen) atoms. The third kappa shape index (κ3) is 7.49. The highest BCUT2D eigenvalue weighted by molar-refractivity contribution is 7.92. The smallest absolute Gasteiger partial charge is 0.274 e. The Labute approximate surface area is 299 Å². The molecule has 0 spiro atoms. The van der Waals surface area contributed by atoms with E-state index in [4.69, 9.17) is 14.1 Å². The van der Waals surface area contributed by atoms with Crippen LogP contribution in [-0.4, -0.2) is 45.6 Å². The van der Waals surface area contributed by atoms with Gasteiger partial charge in [0.2, 0.25) is 10.0 Å². The number of ether oxygens (including phenoxy) is 1. The molecule has 0 radical (unpaired) electrons. The number of furan rings is 1. The molecule has 4 aromatic carbocycles. The first-order chi connectivity index (χ1) is 24.8. The van der Waals surface area contributed by atoms with Crippen molar-refractivity contribution < 1.29 is 35.9 Å². The second-order valence-corrected chi connectivity index (χ2v) is 14.1. The summed E-state index contributed by atoms with van der Waals surface area (Å²) in [4.78, 5) is 32.0. The molecule has 0 fully saturated rings. The number of amides is 2. The van der Waals surface area contributed by atoms with Gasteiger partial charge in [0.25, 0.3) is 11.8 Å². The number of nitrogens with one attached hydrogen (secondary N) is 2. The average Bonchev–Trinajstić information content (AvgIpc) is 3.51. The molecule has 0 saturated carbocycles. The van der Waals surface area contributed by atoms with Crippen LogP contribution in [0.3, 0.4) is 0 Å². The standard InChI is InChI=1S/C39H34F2N4O6S/c1-23(25-10-14-27(40)15-11-25)43-39(47)36-33(50-22-24-8-6-5-7-9-24)19-18-31(44-36)29-20-30-34(21-32(29)45(3)52(4,48)49)51-37(35(30)38(46)42-2)26-12-16-28(41)17-13-26/h5-21,23H,22H2,1-4H3,(H,42,46)(H,43,47). The molecule has 2 amide bonds. The summed E-state index contributed by atoms with van der Waals surface area (Å²) in [6, 6.07) is 26.1. The summed E-state index contributed by atoms with van der Waals surface area (Å²) in [5.41, 5.74) is 2.73. The molecule has 0 aliphatic heterocycles. The van der Waals surface area contributed by atoms with E-state index in [9.17, 15) is 26.8 Å². The van der Waals surface area contributed by atoms with Gasteiger partial charge in [-0.1, -0.05) is 42.5 Å². The van der Waals surface area contributed by atoms with Gasteiger partial charge in [-0.05, 0) is 72.6 Å². The van der Waals surface area contributed by atoms with Crippen molar-refractivity contribution in [3.63, 3.8) is 0 Å². The van der Waals surface area contributed by atoms with Crippen molar-refractivity contribution in [1.82, 2.24) is 15.6 Å². The molecule has 0 saturated heterocycles. The summed E-state index contributed by atoms with van der Waals surface area (Å²) in [5.74, 6) is -1.69. The van der Waals surface area contributed by atoms with E-state index in [2.05, 4.69) is 10.6 Å². The van der Waals surface area contributed by atoms with E-state index in [-0.39, 0.29) is 51.9 Å². The number of anilines is 1. The predicted molar refractivity (Wildman–Crippen MR) is 195 cm³/mol. The number of pyridine rings is 1. The lowest BCUT2D eigenvalue weighted by Gasteiger charge is -2.21. The highest BCUT2D eigenvalue weighted by Gasteiger charge is 2.27. The van der Waals surface area contributed by atoms with Crippen LogP contribution >= 0.6 is 0 Å². The van der Waals surface area contributed by atoms with E-state index >= 15 is 0 Å². The number of rotatable bonds is 11. The molecule has 266 valence electrons. The SMILES string of the molecule is CNC(=O)c1c(-c2ccc(F)cc2)oc2cc(N(C)S(C)(=O)=O)c(-c3ccc(OCc4ccccc4)c(C(=O)NC(C)c4ccc(F)cc4)n3)cc12. The predicted octanol–water partition coefficient (Wildman–Crippen LogP) is 7.27. The largest absolute Gasteiger partial charge is 0.486 e. The zero-order valence-electron chi connectivity index (χ0n) is 28.6. The van der Waals surface area contributed by atoms with Crippen LogP contribution in [0.15, 0.2) is 108 Å². The Bertz CT molecular complexity index is 2380. The fourth-order valence-corrected chi connectivity index (χ4v) is 6.15. The van der Waals surface area contributed by atoms with Crippen LogP contribution in [0.1, 0.15) is 44.9 Å².